The number of anilines is 1. The maximum Gasteiger partial charge on any atom is 0.228 e. The molecule has 1 saturated heterocycles. The van der Waals surface area contributed by atoms with Gasteiger partial charge in [0.15, 0.2) is 0 Å². The number of carbonyl (C=O) groups excluding carboxylic acids is 1. The number of nitrogens with one attached hydrogen (secondary N) is 1. The van der Waals surface area contributed by atoms with Gasteiger partial charge in [-0.2, -0.15) is 0 Å². The number of carbonyl (C=O) groups is 1. The van der Waals surface area contributed by atoms with E-state index in [9.17, 15) is 13.2 Å². The van der Waals surface area contributed by atoms with Crippen molar-refractivity contribution in [2.75, 3.05) is 24.2 Å². The second-order valence-corrected chi connectivity index (χ2v) is 8.24. The summed E-state index contributed by atoms with van der Waals surface area (Å²) in [5, 5.41) is 3.42. The average Bonchev–Trinajstić information content (AvgIpc) is 2.51. The molecule has 0 aliphatic carbocycles. The fourth-order valence-electron chi connectivity index (χ4n) is 2.56. The molecule has 1 atom stereocenters. The van der Waals surface area contributed by atoms with E-state index in [0.29, 0.717) is 30.1 Å². The summed E-state index contributed by atoms with van der Waals surface area (Å²) >= 11 is 5.95. The molecule has 0 radical (unpaired) electrons. The summed E-state index contributed by atoms with van der Waals surface area (Å²) in [7, 11) is -3.24. The first-order chi connectivity index (χ1) is 10.3. The average molecular weight is 345 g/mol. The highest BCUT2D eigenvalue weighted by Gasteiger charge is 2.31. The van der Waals surface area contributed by atoms with Gasteiger partial charge in [0.05, 0.1) is 11.7 Å². The van der Waals surface area contributed by atoms with Gasteiger partial charge in [-0.25, -0.2) is 12.7 Å². The van der Waals surface area contributed by atoms with E-state index in [1.165, 1.54) is 4.31 Å². The minimum Gasteiger partial charge on any atom is -0.326 e. The Bertz CT molecular complexity index is 661. The SMILES string of the molecule is CCS(=O)(=O)N1CCCC(C(=O)Nc2cc(Cl)ccc2C)C1. The van der Waals surface area contributed by atoms with Crippen molar-refractivity contribution in [1.82, 2.24) is 4.31 Å². The number of aryl methyl sites for hydroxylation is 1. The molecule has 0 saturated carbocycles. The van der Waals surface area contributed by atoms with Crippen molar-refractivity contribution in [2.24, 2.45) is 5.92 Å². The Kier molecular flexibility index (Phi) is 5.47. The lowest BCUT2D eigenvalue weighted by molar-refractivity contribution is -0.120. The molecule has 1 N–H and O–H groups in total. The van der Waals surface area contributed by atoms with Gasteiger partial charge in [-0.15, -0.1) is 0 Å². The number of amides is 1. The molecule has 0 aromatic heterocycles. The fourth-order valence-corrected chi connectivity index (χ4v) is 3.91. The largest absolute Gasteiger partial charge is 0.326 e. The molecular weight excluding hydrogens is 324 g/mol. The molecule has 1 amide bonds. The van der Waals surface area contributed by atoms with E-state index in [4.69, 9.17) is 11.6 Å². The standard InChI is InChI=1S/C15H21ClN2O3S/c1-3-22(20,21)18-8-4-5-12(10-18)15(19)17-14-9-13(16)7-6-11(14)2/h6-7,9,12H,3-5,8,10H2,1-2H3,(H,17,19). The van der Waals surface area contributed by atoms with E-state index in [1.807, 2.05) is 13.0 Å². The highest BCUT2D eigenvalue weighted by molar-refractivity contribution is 7.89. The zero-order valence-corrected chi connectivity index (χ0v) is 14.4. The topological polar surface area (TPSA) is 66.5 Å². The predicted octanol–water partition coefficient (Wildman–Crippen LogP) is 2.65. The first-order valence-electron chi connectivity index (χ1n) is 7.38. The van der Waals surface area contributed by atoms with Crippen LogP contribution >= 0.6 is 11.6 Å². The van der Waals surface area contributed by atoms with Gasteiger partial charge in [-0.3, -0.25) is 4.79 Å². The summed E-state index contributed by atoms with van der Waals surface area (Å²) in [5.41, 5.74) is 1.60. The van der Waals surface area contributed by atoms with Crippen molar-refractivity contribution in [3.05, 3.63) is 28.8 Å². The van der Waals surface area contributed by atoms with Crippen LogP contribution in [0.1, 0.15) is 25.3 Å². The Labute approximate surface area is 136 Å². The Balaban J connectivity index is 2.08. The monoisotopic (exact) mass is 344 g/mol. The Morgan fingerprint density at radius 1 is 1.45 bits per heavy atom. The van der Waals surface area contributed by atoms with E-state index in [2.05, 4.69) is 5.32 Å². The van der Waals surface area contributed by atoms with Crippen LogP contribution in [0, 0.1) is 12.8 Å². The first kappa shape index (κ1) is 17.2. The van der Waals surface area contributed by atoms with Gasteiger partial charge in [0.2, 0.25) is 15.9 Å². The maximum atomic E-state index is 12.4. The van der Waals surface area contributed by atoms with Crippen LogP contribution in [-0.2, 0) is 14.8 Å². The molecule has 5 nitrogen and oxygen atoms in total. The van der Waals surface area contributed by atoms with Crippen LogP contribution in [0.2, 0.25) is 5.02 Å². The molecule has 1 fully saturated rings. The van der Waals surface area contributed by atoms with Gasteiger partial charge < -0.3 is 5.32 Å². The summed E-state index contributed by atoms with van der Waals surface area (Å²) in [5.74, 6) is -0.413. The second kappa shape index (κ2) is 6.98. The highest BCUT2D eigenvalue weighted by atomic mass is 35.5. The molecule has 1 unspecified atom stereocenters. The van der Waals surface area contributed by atoms with Gasteiger partial charge in [-0.05, 0) is 44.4 Å². The maximum absolute atomic E-state index is 12.4. The number of hydrogen-bond acceptors (Lipinski definition) is 3. The van der Waals surface area contributed by atoms with Gasteiger partial charge >= 0.3 is 0 Å². The van der Waals surface area contributed by atoms with Gasteiger partial charge in [0.1, 0.15) is 0 Å². The van der Waals surface area contributed by atoms with Crippen molar-refractivity contribution in [1.29, 1.82) is 0 Å². The highest BCUT2D eigenvalue weighted by Crippen LogP contribution is 2.24. The fraction of sp³-hybridized carbons (Fsp3) is 0.533. The van der Waals surface area contributed by atoms with Crippen molar-refractivity contribution >= 4 is 33.2 Å². The predicted molar refractivity (Wildman–Crippen MR) is 88.6 cm³/mol. The molecule has 22 heavy (non-hydrogen) atoms. The smallest absolute Gasteiger partial charge is 0.228 e. The third-order valence-corrected chi connectivity index (χ3v) is 6.05. The first-order valence-corrected chi connectivity index (χ1v) is 9.37. The van der Waals surface area contributed by atoms with E-state index >= 15 is 0 Å². The van der Waals surface area contributed by atoms with Gasteiger partial charge in [0, 0.05) is 23.8 Å². The van der Waals surface area contributed by atoms with E-state index < -0.39 is 10.0 Å². The minimum atomic E-state index is -3.24. The second-order valence-electron chi connectivity index (χ2n) is 5.55. The molecule has 1 heterocycles. The molecule has 1 aliphatic rings. The molecule has 1 aromatic rings. The van der Waals surface area contributed by atoms with Crippen LogP contribution < -0.4 is 5.32 Å². The van der Waals surface area contributed by atoms with Crippen molar-refractivity contribution in [2.45, 2.75) is 26.7 Å². The van der Waals surface area contributed by atoms with Gasteiger partial charge in [-0.1, -0.05) is 17.7 Å². The number of benzene rings is 1. The number of halogens is 1. The molecule has 1 aromatic carbocycles. The normalized spacial score (nSPS) is 19.9. The quantitative estimate of drug-likeness (QED) is 0.913. The Hall–Kier alpha value is -1.11. The van der Waals surface area contributed by atoms with Crippen LogP contribution in [-0.4, -0.2) is 37.5 Å². The van der Waals surface area contributed by atoms with Crippen LogP contribution in [0.15, 0.2) is 18.2 Å². The third-order valence-electron chi connectivity index (χ3n) is 3.97. The number of sulfonamides is 1. The van der Waals surface area contributed by atoms with Crippen molar-refractivity contribution in [3.63, 3.8) is 0 Å². The molecular formula is C15H21ClN2O3S. The van der Waals surface area contributed by atoms with Crippen molar-refractivity contribution in [3.8, 4) is 0 Å². The number of nitrogens with zero attached hydrogens (tertiary/aromatic N) is 1. The molecule has 0 bridgehead atoms. The van der Waals surface area contributed by atoms with Gasteiger partial charge in [0.25, 0.3) is 0 Å². The molecule has 7 heteroatoms. The number of rotatable bonds is 4. The third kappa shape index (κ3) is 4.00. The lowest BCUT2D eigenvalue weighted by Gasteiger charge is -2.31. The summed E-state index contributed by atoms with van der Waals surface area (Å²) in [6.45, 7) is 4.26. The van der Waals surface area contributed by atoms with Crippen LogP contribution in [0.3, 0.4) is 0 Å². The summed E-state index contributed by atoms with van der Waals surface area (Å²) in [6, 6.07) is 5.31. The Morgan fingerprint density at radius 3 is 2.86 bits per heavy atom. The molecule has 2 rings (SSSR count). The number of hydrogen-bond donors (Lipinski definition) is 1. The van der Waals surface area contributed by atoms with Crippen LogP contribution in [0.25, 0.3) is 0 Å². The van der Waals surface area contributed by atoms with E-state index in [1.54, 1.807) is 19.1 Å². The molecule has 0 spiro atoms. The summed E-state index contributed by atoms with van der Waals surface area (Å²) in [6.07, 6.45) is 1.40. The summed E-state index contributed by atoms with van der Waals surface area (Å²) < 4.78 is 25.3. The van der Waals surface area contributed by atoms with Crippen LogP contribution in [0.4, 0.5) is 5.69 Å². The van der Waals surface area contributed by atoms with E-state index in [-0.39, 0.29) is 24.1 Å². The van der Waals surface area contributed by atoms with Crippen molar-refractivity contribution < 1.29 is 13.2 Å². The zero-order valence-electron chi connectivity index (χ0n) is 12.8. The summed E-state index contributed by atoms with van der Waals surface area (Å²) in [4.78, 5) is 12.4. The minimum absolute atomic E-state index is 0.0642. The van der Waals surface area contributed by atoms with Crippen LogP contribution in [0.5, 0.6) is 0 Å². The lowest BCUT2D eigenvalue weighted by Crippen LogP contribution is -2.44. The number of piperidine rings is 1. The molecule has 1 aliphatic heterocycles. The Morgan fingerprint density at radius 2 is 2.18 bits per heavy atom. The zero-order chi connectivity index (χ0) is 16.3. The van der Waals surface area contributed by atoms with E-state index in [0.717, 1.165) is 5.56 Å². The lowest BCUT2D eigenvalue weighted by atomic mass is 9.98. The molecule has 122 valence electrons.